The van der Waals surface area contributed by atoms with Crippen LogP contribution in [0.15, 0.2) is 12.2 Å². The molecule has 1 rings (SSSR count). The Labute approximate surface area is 114 Å². The second kappa shape index (κ2) is 7.16. The molecular formula is C14H24N2O3. The molecule has 5 heteroatoms. The number of carbonyl (C=O) groups excluding carboxylic acids is 2. The van der Waals surface area contributed by atoms with Gasteiger partial charge in [-0.2, -0.15) is 0 Å². The van der Waals surface area contributed by atoms with Gasteiger partial charge >= 0.3 is 6.09 Å². The molecule has 0 aromatic carbocycles. The number of rotatable bonds is 5. The van der Waals surface area contributed by atoms with E-state index in [4.69, 9.17) is 10.5 Å². The van der Waals surface area contributed by atoms with Crippen molar-refractivity contribution in [1.82, 2.24) is 5.32 Å². The summed E-state index contributed by atoms with van der Waals surface area (Å²) in [5.74, 6) is 0.164. The zero-order valence-electron chi connectivity index (χ0n) is 11.9. The van der Waals surface area contributed by atoms with Crippen molar-refractivity contribution in [2.45, 2.75) is 39.7 Å². The van der Waals surface area contributed by atoms with E-state index >= 15 is 0 Å². The number of hydrogen-bond acceptors (Lipinski definition) is 3. The smallest absolute Gasteiger partial charge is 0.407 e. The molecule has 3 N–H and O–H groups in total. The highest BCUT2D eigenvalue weighted by Gasteiger charge is 2.24. The third-order valence-corrected chi connectivity index (χ3v) is 3.56. The highest BCUT2D eigenvalue weighted by atomic mass is 16.5. The standard InChI is InChI=1S/C14H24N2O3/c1-9(2)12(13(15)17)16-14(18)19-8-11-7-5-4-6-10(11)3/h5,7,9-12H,4,6,8H2,1-3H3,(H2,15,17)(H,16,18)/t10-,11?,12-/m0/s1. The SMILES string of the molecule is CC(C)[C@H](NC(=O)OCC1C=CCC[C@@H]1C)C(N)=O. The van der Waals surface area contributed by atoms with Crippen molar-refractivity contribution < 1.29 is 14.3 Å². The molecule has 0 radical (unpaired) electrons. The van der Waals surface area contributed by atoms with Gasteiger partial charge in [-0.3, -0.25) is 4.79 Å². The number of ether oxygens (including phenoxy) is 1. The van der Waals surface area contributed by atoms with Crippen LogP contribution in [0, 0.1) is 17.8 Å². The van der Waals surface area contributed by atoms with E-state index in [9.17, 15) is 9.59 Å². The zero-order chi connectivity index (χ0) is 14.4. The number of carbonyl (C=O) groups is 2. The molecule has 5 nitrogen and oxygen atoms in total. The van der Waals surface area contributed by atoms with E-state index in [1.54, 1.807) is 0 Å². The van der Waals surface area contributed by atoms with Gasteiger partial charge in [0, 0.05) is 5.92 Å². The molecule has 1 aliphatic carbocycles. The maximum atomic E-state index is 11.6. The Kier molecular flexibility index (Phi) is 5.86. The van der Waals surface area contributed by atoms with Gasteiger partial charge < -0.3 is 15.8 Å². The van der Waals surface area contributed by atoms with Gasteiger partial charge in [0.05, 0.1) is 6.61 Å². The molecule has 0 saturated heterocycles. The van der Waals surface area contributed by atoms with Crippen LogP contribution in [-0.2, 0) is 9.53 Å². The highest BCUT2D eigenvalue weighted by molar-refractivity contribution is 5.84. The van der Waals surface area contributed by atoms with E-state index in [1.807, 2.05) is 13.8 Å². The molecule has 3 atom stereocenters. The molecule has 0 fully saturated rings. The van der Waals surface area contributed by atoms with E-state index in [2.05, 4.69) is 24.4 Å². The predicted octanol–water partition coefficient (Wildman–Crippen LogP) is 1.82. The Balaban J connectivity index is 2.40. The van der Waals surface area contributed by atoms with Gasteiger partial charge in [0.2, 0.25) is 5.91 Å². The summed E-state index contributed by atoms with van der Waals surface area (Å²) in [6.07, 6.45) is 5.83. The average Bonchev–Trinajstić information content (AvgIpc) is 2.34. The van der Waals surface area contributed by atoms with Crippen molar-refractivity contribution in [2.24, 2.45) is 23.5 Å². The minimum atomic E-state index is -0.688. The molecular weight excluding hydrogens is 244 g/mol. The first-order valence-electron chi connectivity index (χ1n) is 6.81. The highest BCUT2D eigenvalue weighted by Crippen LogP contribution is 2.24. The van der Waals surface area contributed by atoms with Crippen LogP contribution >= 0.6 is 0 Å². The fraction of sp³-hybridized carbons (Fsp3) is 0.714. The molecule has 1 aliphatic rings. The summed E-state index contributed by atoms with van der Waals surface area (Å²) in [6.45, 7) is 6.13. The maximum absolute atomic E-state index is 11.6. The predicted molar refractivity (Wildman–Crippen MR) is 73.3 cm³/mol. The molecule has 0 bridgehead atoms. The van der Waals surface area contributed by atoms with Crippen LogP contribution in [0.4, 0.5) is 4.79 Å². The van der Waals surface area contributed by atoms with E-state index in [0.717, 1.165) is 12.8 Å². The molecule has 0 aromatic rings. The van der Waals surface area contributed by atoms with Gasteiger partial charge in [-0.15, -0.1) is 0 Å². The van der Waals surface area contributed by atoms with Gasteiger partial charge in [-0.05, 0) is 24.7 Å². The lowest BCUT2D eigenvalue weighted by atomic mass is 9.86. The van der Waals surface area contributed by atoms with Crippen molar-refractivity contribution in [3.8, 4) is 0 Å². The minimum absolute atomic E-state index is 0.0569. The molecule has 0 spiro atoms. The van der Waals surface area contributed by atoms with E-state index in [0.29, 0.717) is 12.5 Å². The van der Waals surface area contributed by atoms with Crippen LogP contribution in [0.3, 0.4) is 0 Å². The van der Waals surface area contributed by atoms with Gasteiger partial charge in [0.1, 0.15) is 6.04 Å². The first kappa shape index (κ1) is 15.5. The first-order chi connectivity index (χ1) is 8.91. The number of allylic oxidation sites excluding steroid dienone is 1. The van der Waals surface area contributed by atoms with Crippen LogP contribution in [0.1, 0.15) is 33.6 Å². The molecule has 0 aliphatic heterocycles. The van der Waals surface area contributed by atoms with E-state index in [1.165, 1.54) is 0 Å². The second-order valence-electron chi connectivity index (χ2n) is 5.51. The fourth-order valence-electron chi connectivity index (χ4n) is 2.16. The van der Waals surface area contributed by atoms with Crippen molar-refractivity contribution in [3.05, 3.63) is 12.2 Å². The van der Waals surface area contributed by atoms with Crippen LogP contribution < -0.4 is 11.1 Å². The number of hydrogen-bond donors (Lipinski definition) is 2. The van der Waals surface area contributed by atoms with Gasteiger partial charge in [0.15, 0.2) is 0 Å². The topological polar surface area (TPSA) is 81.4 Å². The monoisotopic (exact) mass is 268 g/mol. The molecule has 0 saturated carbocycles. The van der Waals surface area contributed by atoms with Crippen LogP contribution in [-0.4, -0.2) is 24.6 Å². The minimum Gasteiger partial charge on any atom is -0.449 e. The molecule has 108 valence electrons. The molecule has 0 heterocycles. The average molecular weight is 268 g/mol. The fourth-order valence-corrected chi connectivity index (χ4v) is 2.16. The number of primary amides is 1. The third-order valence-electron chi connectivity index (χ3n) is 3.56. The van der Waals surface area contributed by atoms with E-state index < -0.39 is 18.0 Å². The van der Waals surface area contributed by atoms with Crippen molar-refractivity contribution >= 4 is 12.0 Å². The first-order valence-corrected chi connectivity index (χ1v) is 6.81. The number of alkyl carbamates (subject to hydrolysis) is 1. The largest absolute Gasteiger partial charge is 0.449 e. The van der Waals surface area contributed by atoms with Crippen LogP contribution in [0.25, 0.3) is 0 Å². The van der Waals surface area contributed by atoms with Gasteiger partial charge in [-0.1, -0.05) is 32.9 Å². The summed E-state index contributed by atoms with van der Waals surface area (Å²) in [4.78, 5) is 22.8. The van der Waals surface area contributed by atoms with E-state index in [-0.39, 0.29) is 11.8 Å². The summed E-state index contributed by atoms with van der Waals surface area (Å²) in [7, 11) is 0. The normalized spacial score (nSPS) is 24.0. The Morgan fingerprint density at radius 3 is 2.68 bits per heavy atom. The quantitative estimate of drug-likeness (QED) is 0.746. The Hall–Kier alpha value is -1.52. The Bertz CT molecular complexity index is 353. The summed E-state index contributed by atoms with van der Waals surface area (Å²) >= 11 is 0. The molecule has 19 heavy (non-hydrogen) atoms. The second-order valence-corrected chi connectivity index (χ2v) is 5.51. The lowest BCUT2D eigenvalue weighted by Crippen LogP contribution is -2.48. The Morgan fingerprint density at radius 1 is 1.47 bits per heavy atom. The van der Waals surface area contributed by atoms with Gasteiger partial charge in [-0.25, -0.2) is 4.79 Å². The Morgan fingerprint density at radius 2 is 2.16 bits per heavy atom. The summed E-state index contributed by atoms with van der Waals surface area (Å²) < 4.78 is 5.17. The van der Waals surface area contributed by atoms with Crippen LogP contribution in [0.2, 0.25) is 0 Å². The molecule has 1 unspecified atom stereocenters. The summed E-state index contributed by atoms with van der Waals surface area (Å²) in [5, 5.41) is 2.51. The lowest BCUT2D eigenvalue weighted by molar-refractivity contribution is -0.120. The van der Waals surface area contributed by atoms with Crippen molar-refractivity contribution in [2.75, 3.05) is 6.61 Å². The number of nitrogens with two attached hydrogens (primary N) is 1. The summed E-state index contributed by atoms with van der Waals surface area (Å²) in [5.41, 5.74) is 5.23. The van der Waals surface area contributed by atoms with Gasteiger partial charge in [0.25, 0.3) is 0 Å². The summed E-state index contributed by atoms with van der Waals surface area (Å²) in [6, 6.07) is -0.688. The zero-order valence-corrected chi connectivity index (χ0v) is 11.9. The number of amides is 2. The van der Waals surface area contributed by atoms with Crippen molar-refractivity contribution in [1.29, 1.82) is 0 Å². The van der Waals surface area contributed by atoms with Crippen LogP contribution in [0.5, 0.6) is 0 Å². The third kappa shape index (κ3) is 4.93. The molecule has 0 aromatic heterocycles. The molecule has 2 amide bonds. The maximum Gasteiger partial charge on any atom is 0.407 e. The lowest BCUT2D eigenvalue weighted by Gasteiger charge is -2.24. The number of nitrogens with one attached hydrogen (secondary N) is 1. The van der Waals surface area contributed by atoms with Crippen molar-refractivity contribution in [3.63, 3.8) is 0 Å².